The van der Waals surface area contributed by atoms with E-state index in [0.29, 0.717) is 33.8 Å². The van der Waals surface area contributed by atoms with Gasteiger partial charge >= 0.3 is 0 Å². The van der Waals surface area contributed by atoms with Gasteiger partial charge in [0.15, 0.2) is 11.5 Å². The summed E-state index contributed by atoms with van der Waals surface area (Å²) in [5.74, 6) is 0.417. The molecule has 8 nitrogen and oxygen atoms in total. The SMILES string of the molecule is COc1cc(/C=N\NC(=O)CN(c2ccc(C)cc2)S(=O)(=O)c2ccc(C)cc2)cc(Br)c1OCc1ccc(C)cc1. The number of hydrogen-bond donors (Lipinski definition) is 1. The van der Waals surface area contributed by atoms with Crippen molar-refractivity contribution in [1.82, 2.24) is 5.43 Å². The van der Waals surface area contributed by atoms with Gasteiger partial charge in [-0.3, -0.25) is 9.10 Å². The average molecular weight is 651 g/mol. The smallest absolute Gasteiger partial charge is 0.264 e. The molecule has 0 aliphatic heterocycles. The van der Waals surface area contributed by atoms with Crippen molar-refractivity contribution in [3.8, 4) is 11.5 Å². The van der Waals surface area contributed by atoms with Crippen LogP contribution in [0.1, 0.15) is 27.8 Å². The van der Waals surface area contributed by atoms with E-state index in [1.54, 1.807) is 48.5 Å². The van der Waals surface area contributed by atoms with Gasteiger partial charge in [-0.2, -0.15) is 5.10 Å². The Bertz CT molecular complexity index is 1670. The average Bonchev–Trinajstić information content (AvgIpc) is 2.96. The third kappa shape index (κ3) is 7.77. The quantitative estimate of drug-likeness (QED) is 0.152. The van der Waals surface area contributed by atoms with Crippen molar-refractivity contribution < 1.29 is 22.7 Å². The number of rotatable bonds is 11. The molecule has 0 saturated carbocycles. The molecule has 0 saturated heterocycles. The maximum atomic E-state index is 13.5. The molecule has 0 aliphatic rings. The molecule has 10 heteroatoms. The number of nitrogens with zero attached hydrogens (tertiary/aromatic N) is 2. The van der Waals surface area contributed by atoms with E-state index in [0.717, 1.165) is 21.0 Å². The monoisotopic (exact) mass is 649 g/mol. The first kappa shape index (κ1) is 30.8. The lowest BCUT2D eigenvalue weighted by molar-refractivity contribution is -0.119. The zero-order valence-electron chi connectivity index (χ0n) is 23.8. The van der Waals surface area contributed by atoms with Gasteiger partial charge in [0.2, 0.25) is 0 Å². The van der Waals surface area contributed by atoms with Crippen molar-refractivity contribution in [3.63, 3.8) is 0 Å². The molecule has 0 unspecified atom stereocenters. The molecule has 218 valence electrons. The number of carbonyl (C=O) groups excluding carboxylic acids is 1. The topological polar surface area (TPSA) is 97.3 Å². The number of hydrazone groups is 1. The summed E-state index contributed by atoms with van der Waals surface area (Å²) in [6, 6.07) is 25.0. The van der Waals surface area contributed by atoms with Crippen LogP contribution in [0.3, 0.4) is 0 Å². The second-order valence-electron chi connectivity index (χ2n) is 9.76. The number of aryl methyl sites for hydroxylation is 3. The summed E-state index contributed by atoms with van der Waals surface area (Å²) in [7, 11) is -2.48. The van der Waals surface area contributed by atoms with E-state index in [1.807, 2.05) is 45.0 Å². The van der Waals surface area contributed by atoms with Gasteiger partial charge in [-0.25, -0.2) is 13.8 Å². The van der Waals surface area contributed by atoms with Crippen LogP contribution in [-0.4, -0.2) is 34.2 Å². The Morgan fingerprint density at radius 1 is 0.905 bits per heavy atom. The van der Waals surface area contributed by atoms with Crippen LogP contribution < -0.4 is 19.2 Å². The molecule has 42 heavy (non-hydrogen) atoms. The first-order chi connectivity index (χ1) is 20.1. The highest BCUT2D eigenvalue weighted by molar-refractivity contribution is 9.10. The highest BCUT2D eigenvalue weighted by Gasteiger charge is 2.27. The zero-order chi connectivity index (χ0) is 30.3. The predicted molar refractivity (Wildman–Crippen MR) is 169 cm³/mol. The Balaban J connectivity index is 1.48. The Morgan fingerprint density at radius 3 is 2.07 bits per heavy atom. The standard InChI is InChI=1S/C32H32BrN3O5S/c1-22-5-11-25(12-6-22)21-41-32-29(33)17-26(18-30(32)40-4)19-34-35-31(37)20-36(27-13-7-23(2)8-14-27)42(38,39)28-15-9-24(3)10-16-28/h5-19H,20-21H2,1-4H3,(H,35,37)/b34-19-. The number of hydrogen-bond acceptors (Lipinski definition) is 6. The lowest BCUT2D eigenvalue weighted by Gasteiger charge is -2.24. The van der Waals surface area contributed by atoms with Gasteiger partial charge in [-0.15, -0.1) is 0 Å². The second kappa shape index (κ2) is 13.7. The van der Waals surface area contributed by atoms with Crippen LogP contribution >= 0.6 is 15.9 Å². The van der Waals surface area contributed by atoms with Gasteiger partial charge < -0.3 is 9.47 Å². The summed E-state index contributed by atoms with van der Waals surface area (Å²) in [5, 5.41) is 4.05. The Kier molecular flexibility index (Phi) is 10.0. The van der Waals surface area contributed by atoms with E-state index in [-0.39, 0.29) is 4.90 Å². The normalized spacial score (nSPS) is 11.4. The van der Waals surface area contributed by atoms with Crippen molar-refractivity contribution in [2.45, 2.75) is 32.3 Å². The van der Waals surface area contributed by atoms with E-state index in [9.17, 15) is 13.2 Å². The number of ether oxygens (including phenoxy) is 2. The molecule has 4 rings (SSSR count). The fourth-order valence-electron chi connectivity index (χ4n) is 4.00. The number of amides is 1. The molecule has 0 heterocycles. The number of carbonyl (C=O) groups is 1. The van der Waals surface area contributed by atoms with E-state index in [1.165, 1.54) is 31.0 Å². The largest absolute Gasteiger partial charge is 0.493 e. The van der Waals surface area contributed by atoms with Crippen LogP contribution in [0.2, 0.25) is 0 Å². The van der Waals surface area contributed by atoms with Gasteiger partial charge in [0.05, 0.1) is 28.4 Å². The van der Waals surface area contributed by atoms with Crippen molar-refractivity contribution in [2.75, 3.05) is 18.0 Å². The molecule has 4 aromatic carbocycles. The molecule has 0 aromatic heterocycles. The number of methoxy groups -OCH3 is 1. The van der Waals surface area contributed by atoms with Crippen LogP contribution in [0.15, 0.2) is 99.4 Å². The molecule has 1 amide bonds. The van der Waals surface area contributed by atoms with Crippen molar-refractivity contribution in [2.24, 2.45) is 5.10 Å². The minimum atomic E-state index is -4.02. The molecule has 0 aliphatic carbocycles. The summed E-state index contributed by atoms with van der Waals surface area (Å²) >= 11 is 3.53. The lowest BCUT2D eigenvalue weighted by atomic mass is 10.2. The molecule has 0 fully saturated rings. The Morgan fingerprint density at radius 2 is 1.48 bits per heavy atom. The predicted octanol–water partition coefficient (Wildman–Crippen LogP) is 6.31. The molecule has 0 spiro atoms. The number of nitrogens with one attached hydrogen (secondary N) is 1. The fourth-order valence-corrected chi connectivity index (χ4v) is 6.00. The number of anilines is 1. The van der Waals surface area contributed by atoms with Crippen LogP contribution in [0.25, 0.3) is 0 Å². The van der Waals surface area contributed by atoms with Crippen LogP contribution in [-0.2, 0) is 21.4 Å². The van der Waals surface area contributed by atoms with E-state index in [2.05, 4.69) is 26.5 Å². The second-order valence-corrected chi connectivity index (χ2v) is 12.5. The van der Waals surface area contributed by atoms with Crippen molar-refractivity contribution in [1.29, 1.82) is 0 Å². The van der Waals surface area contributed by atoms with E-state index in [4.69, 9.17) is 9.47 Å². The third-order valence-corrected chi connectivity index (χ3v) is 8.75. The molecule has 0 bridgehead atoms. The van der Waals surface area contributed by atoms with Gasteiger partial charge in [0.25, 0.3) is 15.9 Å². The molecule has 1 N–H and O–H groups in total. The van der Waals surface area contributed by atoms with Gasteiger partial charge in [-0.05, 0) is 84.2 Å². The number of halogens is 1. The summed E-state index contributed by atoms with van der Waals surface area (Å²) in [6.45, 7) is 5.71. The summed E-state index contributed by atoms with van der Waals surface area (Å²) in [6.07, 6.45) is 1.44. The Labute approximate surface area is 255 Å². The van der Waals surface area contributed by atoms with Crippen LogP contribution in [0.5, 0.6) is 11.5 Å². The number of benzene rings is 4. The lowest BCUT2D eigenvalue weighted by Crippen LogP contribution is -2.39. The molecule has 4 aromatic rings. The van der Waals surface area contributed by atoms with Crippen molar-refractivity contribution >= 4 is 43.8 Å². The van der Waals surface area contributed by atoms with Gasteiger partial charge in [-0.1, -0.05) is 65.2 Å². The molecule has 0 radical (unpaired) electrons. The van der Waals surface area contributed by atoms with Gasteiger partial charge in [0, 0.05) is 0 Å². The minimum Gasteiger partial charge on any atom is -0.493 e. The summed E-state index contributed by atoms with van der Waals surface area (Å²) in [5.41, 5.74) is 7.52. The van der Waals surface area contributed by atoms with Crippen LogP contribution in [0, 0.1) is 20.8 Å². The molecule has 0 atom stereocenters. The highest BCUT2D eigenvalue weighted by Crippen LogP contribution is 2.37. The summed E-state index contributed by atoms with van der Waals surface area (Å²) < 4.78 is 40.3. The van der Waals surface area contributed by atoms with Crippen LogP contribution in [0.4, 0.5) is 5.69 Å². The summed E-state index contributed by atoms with van der Waals surface area (Å²) in [4.78, 5) is 13.0. The first-order valence-electron chi connectivity index (χ1n) is 13.1. The zero-order valence-corrected chi connectivity index (χ0v) is 26.2. The third-order valence-electron chi connectivity index (χ3n) is 6.38. The van der Waals surface area contributed by atoms with E-state index < -0.39 is 22.5 Å². The number of sulfonamides is 1. The minimum absolute atomic E-state index is 0.0895. The molecular formula is C32H32BrN3O5S. The van der Waals surface area contributed by atoms with Gasteiger partial charge in [0.1, 0.15) is 13.2 Å². The molecular weight excluding hydrogens is 618 g/mol. The van der Waals surface area contributed by atoms with Crippen molar-refractivity contribution in [3.05, 3.63) is 117 Å². The highest BCUT2D eigenvalue weighted by atomic mass is 79.9. The maximum absolute atomic E-state index is 13.5. The van der Waals surface area contributed by atoms with E-state index >= 15 is 0 Å². The Hall–Kier alpha value is -4.15. The maximum Gasteiger partial charge on any atom is 0.264 e. The fraction of sp³-hybridized carbons (Fsp3) is 0.188. The first-order valence-corrected chi connectivity index (χ1v) is 15.3.